The molecule has 1 aliphatic rings. The van der Waals surface area contributed by atoms with E-state index in [0.717, 1.165) is 0 Å². The first-order chi connectivity index (χ1) is 12.9. The Hall–Kier alpha value is -2.81. The molecule has 2 N–H and O–H groups in total. The van der Waals surface area contributed by atoms with Crippen LogP contribution in [0.1, 0.15) is 26.3 Å². The van der Waals surface area contributed by atoms with Gasteiger partial charge in [-0.25, -0.2) is 19.6 Å². The highest BCUT2D eigenvalue weighted by atomic mass is 35.5. The number of hydrogen-bond acceptors (Lipinski definition) is 7. The van der Waals surface area contributed by atoms with Crippen molar-refractivity contribution >= 4 is 35.6 Å². The van der Waals surface area contributed by atoms with E-state index in [9.17, 15) is 9.59 Å². The van der Waals surface area contributed by atoms with E-state index < -0.39 is 12.2 Å². The quantitative estimate of drug-likeness (QED) is 0.362. The lowest BCUT2D eigenvalue weighted by atomic mass is 9.98. The molecule has 0 bridgehead atoms. The second-order valence-electron chi connectivity index (χ2n) is 5.55. The molecule has 0 saturated carbocycles. The Morgan fingerprint density at radius 2 is 2.15 bits per heavy atom. The van der Waals surface area contributed by atoms with Gasteiger partial charge in [-0.3, -0.25) is 0 Å². The van der Waals surface area contributed by atoms with Crippen molar-refractivity contribution in [1.82, 2.24) is 5.01 Å². The van der Waals surface area contributed by atoms with Gasteiger partial charge in [-0.05, 0) is 26.0 Å². The standard InChI is InChI=1S/C17H21ClN4O5/c1-4-20-16(27-15(19)23)22-9-10(3)13(21-22)11-7-6-8-12(18)14(11)26-17(24)25-5-2/h6-8,10H,4-5,9H2,1-3H3,(H2,19,23). The Morgan fingerprint density at radius 3 is 2.78 bits per heavy atom. The van der Waals surface area contributed by atoms with E-state index in [-0.39, 0.29) is 29.3 Å². The van der Waals surface area contributed by atoms with Gasteiger partial charge in [0.1, 0.15) is 0 Å². The number of primary amides is 1. The zero-order chi connectivity index (χ0) is 20.0. The Balaban J connectivity index is 2.39. The highest BCUT2D eigenvalue weighted by Crippen LogP contribution is 2.33. The van der Waals surface area contributed by atoms with Gasteiger partial charge in [-0.2, -0.15) is 5.10 Å². The van der Waals surface area contributed by atoms with Crippen LogP contribution in [0.15, 0.2) is 28.3 Å². The predicted octanol–water partition coefficient (Wildman–Crippen LogP) is 3.00. The van der Waals surface area contributed by atoms with Crippen molar-refractivity contribution in [1.29, 1.82) is 0 Å². The molecule has 0 aliphatic carbocycles. The number of nitrogens with two attached hydrogens (primary N) is 1. The topological polar surface area (TPSA) is 116 Å². The van der Waals surface area contributed by atoms with E-state index in [2.05, 4.69) is 10.1 Å². The number of carbonyl (C=O) groups excluding carboxylic acids is 2. The van der Waals surface area contributed by atoms with Crippen LogP contribution >= 0.6 is 11.6 Å². The second-order valence-corrected chi connectivity index (χ2v) is 5.96. The molecule has 1 aromatic carbocycles. The maximum absolute atomic E-state index is 11.7. The van der Waals surface area contributed by atoms with Crippen LogP contribution in [-0.4, -0.2) is 48.7 Å². The third-order valence-corrected chi connectivity index (χ3v) is 3.84. The van der Waals surface area contributed by atoms with Gasteiger partial charge in [0.15, 0.2) is 5.75 Å². The molecule has 1 amide bonds. The van der Waals surface area contributed by atoms with Crippen molar-refractivity contribution in [3.63, 3.8) is 0 Å². The summed E-state index contributed by atoms with van der Waals surface area (Å²) in [5.74, 6) is 0.0569. The molecular formula is C17H21ClN4O5. The molecular weight excluding hydrogens is 376 g/mol. The van der Waals surface area contributed by atoms with Crippen molar-refractivity contribution in [3.05, 3.63) is 28.8 Å². The molecule has 9 nitrogen and oxygen atoms in total. The summed E-state index contributed by atoms with van der Waals surface area (Å²) >= 11 is 6.21. The minimum Gasteiger partial charge on any atom is -0.434 e. The molecule has 2 rings (SSSR count). The fourth-order valence-electron chi connectivity index (χ4n) is 2.49. The maximum atomic E-state index is 11.7. The molecule has 0 spiro atoms. The van der Waals surface area contributed by atoms with Crippen molar-refractivity contribution in [2.45, 2.75) is 20.8 Å². The van der Waals surface area contributed by atoms with Crippen molar-refractivity contribution in [2.24, 2.45) is 21.7 Å². The first-order valence-electron chi connectivity index (χ1n) is 8.38. The van der Waals surface area contributed by atoms with Crippen molar-refractivity contribution in [3.8, 4) is 5.75 Å². The number of benzene rings is 1. The highest BCUT2D eigenvalue weighted by molar-refractivity contribution is 6.33. The first kappa shape index (κ1) is 20.5. The molecule has 27 heavy (non-hydrogen) atoms. The lowest BCUT2D eigenvalue weighted by Crippen LogP contribution is -2.32. The maximum Gasteiger partial charge on any atom is 0.513 e. The summed E-state index contributed by atoms with van der Waals surface area (Å²) in [6.45, 7) is 6.33. The number of halogens is 1. The summed E-state index contributed by atoms with van der Waals surface area (Å²) in [5.41, 5.74) is 6.21. The number of rotatable bonds is 4. The summed E-state index contributed by atoms with van der Waals surface area (Å²) in [7, 11) is 0. The average molecular weight is 397 g/mol. The monoisotopic (exact) mass is 396 g/mol. The van der Waals surface area contributed by atoms with E-state index in [0.29, 0.717) is 24.4 Å². The number of carbonyl (C=O) groups is 2. The summed E-state index contributed by atoms with van der Waals surface area (Å²) in [6, 6.07) is 5.04. The molecule has 0 saturated heterocycles. The van der Waals surface area contributed by atoms with Gasteiger partial charge < -0.3 is 19.9 Å². The van der Waals surface area contributed by atoms with Crippen LogP contribution in [0.3, 0.4) is 0 Å². The first-order valence-corrected chi connectivity index (χ1v) is 8.76. The van der Waals surface area contributed by atoms with E-state index in [1.807, 2.05) is 6.92 Å². The van der Waals surface area contributed by atoms with Crippen molar-refractivity contribution < 1.29 is 23.8 Å². The zero-order valence-electron chi connectivity index (χ0n) is 15.3. The minimum atomic E-state index is -0.979. The number of amidine groups is 1. The summed E-state index contributed by atoms with van der Waals surface area (Å²) in [6.07, 6.45) is -1.84. The van der Waals surface area contributed by atoms with Gasteiger partial charge in [0.05, 0.1) is 23.9 Å². The third kappa shape index (κ3) is 5.10. The SMILES string of the molecule is CCN=C(OC(N)=O)N1CC(C)C(c2cccc(Cl)c2OC(=O)OCC)=N1. The van der Waals surface area contributed by atoms with E-state index in [1.165, 1.54) is 5.01 Å². The van der Waals surface area contributed by atoms with Crippen LogP contribution < -0.4 is 10.5 Å². The number of nitrogens with zero attached hydrogens (tertiary/aromatic N) is 3. The van der Waals surface area contributed by atoms with E-state index in [1.54, 1.807) is 32.0 Å². The van der Waals surface area contributed by atoms with Gasteiger partial charge in [-0.1, -0.05) is 24.6 Å². The summed E-state index contributed by atoms with van der Waals surface area (Å²) in [5, 5.41) is 6.14. The molecule has 1 unspecified atom stereocenters. The van der Waals surface area contributed by atoms with Crippen LogP contribution in [0.4, 0.5) is 9.59 Å². The summed E-state index contributed by atoms with van der Waals surface area (Å²) < 4.78 is 15.0. The van der Waals surface area contributed by atoms with Gasteiger partial charge in [0.2, 0.25) is 0 Å². The largest absolute Gasteiger partial charge is 0.513 e. The molecule has 0 fully saturated rings. The van der Waals surface area contributed by atoms with Crippen LogP contribution in [-0.2, 0) is 9.47 Å². The molecule has 1 heterocycles. The molecule has 146 valence electrons. The molecule has 10 heteroatoms. The molecule has 1 aliphatic heterocycles. The van der Waals surface area contributed by atoms with Crippen LogP contribution in [0.25, 0.3) is 0 Å². The Kier molecular flexibility index (Phi) is 7.00. The van der Waals surface area contributed by atoms with Crippen LogP contribution in [0.2, 0.25) is 5.02 Å². The molecule has 1 aromatic rings. The predicted molar refractivity (Wildman–Crippen MR) is 100 cm³/mol. The molecule has 0 aromatic heterocycles. The molecule has 0 radical (unpaired) electrons. The fraction of sp³-hybridized carbons (Fsp3) is 0.412. The third-order valence-electron chi connectivity index (χ3n) is 3.54. The number of para-hydroxylation sites is 1. The smallest absolute Gasteiger partial charge is 0.434 e. The van der Waals surface area contributed by atoms with Crippen LogP contribution in [0.5, 0.6) is 5.75 Å². The van der Waals surface area contributed by atoms with Crippen molar-refractivity contribution in [2.75, 3.05) is 19.7 Å². The van der Waals surface area contributed by atoms with Gasteiger partial charge in [0.25, 0.3) is 0 Å². The number of hydrazone groups is 1. The number of amides is 1. The summed E-state index contributed by atoms with van der Waals surface area (Å²) in [4.78, 5) is 27.0. The number of aliphatic imine (C=N–C) groups is 1. The fourth-order valence-corrected chi connectivity index (χ4v) is 2.71. The Bertz CT molecular complexity index is 781. The zero-order valence-corrected chi connectivity index (χ0v) is 16.0. The number of ether oxygens (including phenoxy) is 3. The Labute approximate surface area is 161 Å². The van der Waals surface area contributed by atoms with Crippen LogP contribution in [0, 0.1) is 5.92 Å². The lowest BCUT2D eigenvalue weighted by Gasteiger charge is -2.14. The normalized spacial score (nSPS) is 16.7. The van der Waals surface area contributed by atoms with E-state index >= 15 is 0 Å². The van der Waals surface area contributed by atoms with Gasteiger partial charge >= 0.3 is 18.3 Å². The molecule has 1 atom stereocenters. The second kappa shape index (κ2) is 9.22. The van der Waals surface area contributed by atoms with E-state index in [4.69, 9.17) is 31.5 Å². The van der Waals surface area contributed by atoms with Gasteiger partial charge in [-0.15, -0.1) is 0 Å². The Morgan fingerprint density at radius 1 is 1.41 bits per heavy atom. The highest BCUT2D eigenvalue weighted by Gasteiger charge is 2.31. The number of hydrogen-bond donors (Lipinski definition) is 1. The van der Waals surface area contributed by atoms with Gasteiger partial charge in [0, 0.05) is 18.0 Å². The minimum absolute atomic E-state index is 0.00161. The average Bonchev–Trinajstić information content (AvgIpc) is 2.98. The lowest BCUT2D eigenvalue weighted by molar-refractivity contribution is 0.104.